The quantitative estimate of drug-likeness (QED) is 0.759. The molecule has 1 heterocycles. The van der Waals surface area contributed by atoms with E-state index < -0.39 is 0 Å². The number of hydrogen-bond donors (Lipinski definition) is 0. The lowest BCUT2D eigenvalue weighted by atomic mass is 9.79. The van der Waals surface area contributed by atoms with Gasteiger partial charge in [-0.1, -0.05) is 20.8 Å². The molecule has 1 aliphatic heterocycles. The van der Waals surface area contributed by atoms with Crippen LogP contribution in [0, 0.1) is 29.1 Å². The summed E-state index contributed by atoms with van der Waals surface area (Å²) in [6.07, 6.45) is 1.46. The number of likely N-dealkylation sites (tertiary alicyclic amines) is 1. The van der Waals surface area contributed by atoms with E-state index in [0.717, 1.165) is 12.8 Å². The average molecular weight is 238 g/mol. The number of rotatable bonds is 3. The Balaban J connectivity index is 2.53. The van der Waals surface area contributed by atoms with Crippen molar-refractivity contribution in [2.24, 2.45) is 17.8 Å². The van der Waals surface area contributed by atoms with Crippen molar-refractivity contribution in [1.82, 2.24) is 4.90 Å². The number of nitrogens with zero attached hydrogens (tertiary/aromatic N) is 2. The van der Waals surface area contributed by atoms with Gasteiger partial charge >= 0.3 is 6.09 Å². The molecule has 1 saturated heterocycles. The molecular weight excluding hydrogens is 216 g/mol. The van der Waals surface area contributed by atoms with Crippen LogP contribution in [0.2, 0.25) is 0 Å². The van der Waals surface area contributed by atoms with Gasteiger partial charge in [-0.05, 0) is 24.7 Å². The van der Waals surface area contributed by atoms with Crippen LogP contribution in [0.5, 0.6) is 0 Å². The maximum atomic E-state index is 11.7. The maximum absolute atomic E-state index is 11.7. The highest BCUT2D eigenvalue weighted by Gasteiger charge is 2.33. The van der Waals surface area contributed by atoms with Crippen molar-refractivity contribution in [3.8, 4) is 6.07 Å². The number of carbonyl (C=O) groups excluding carboxylic acids is 1. The van der Waals surface area contributed by atoms with Crippen molar-refractivity contribution >= 4 is 6.09 Å². The van der Waals surface area contributed by atoms with Crippen LogP contribution in [0.3, 0.4) is 0 Å². The third kappa shape index (κ3) is 3.62. The molecule has 0 aromatic rings. The molecule has 0 N–H and O–H groups in total. The first-order valence-corrected chi connectivity index (χ1v) is 6.41. The van der Waals surface area contributed by atoms with Crippen molar-refractivity contribution in [3.05, 3.63) is 0 Å². The second-order valence-electron chi connectivity index (χ2n) is 4.99. The molecule has 0 aromatic heterocycles. The molecule has 0 aliphatic carbocycles. The van der Waals surface area contributed by atoms with Gasteiger partial charge in [0.25, 0.3) is 0 Å². The summed E-state index contributed by atoms with van der Waals surface area (Å²) >= 11 is 0. The lowest BCUT2D eigenvalue weighted by molar-refractivity contribution is 0.0705. The first kappa shape index (κ1) is 13.8. The second kappa shape index (κ2) is 6.48. The van der Waals surface area contributed by atoms with Crippen LogP contribution in [0.4, 0.5) is 4.79 Å². The zero-order chi connectivity index (χ0) is 12.8. The summed E-state index contributed by atoms with van der Waals surface area (Å²) in [5.41, 5.74) is 0. The van der Waals surface area contributed by atoms with Gasteiger partial charge in [-0.25, -0.2) is 4.79 Å². The van der Waals surface area contributed by atoms with Crippen LogP contribution in [-0.4, -0.2) is 30.7 Å². The van der Waals surface area contributed by atoms with Crippen LogP contribution in [0.15, 0.2) is 0 Å². The topological polar surface area (TPSA) is 53.3 Å². The lowest BCUT2D eigenvalue weighted by Crippen LogP contribution is -2.44. The lowest BCUT2D eigenvalue weighted by Gasteiger charge is -2.36. The Bertz CT molecular complexity index is 296. The van der Waals surface area contributed by atoms with Gasteiger partial charge in [0.1, 0.15) is 0 Å². The first-order valence-electron chi connectivity index (χ1n) is 6.41. The molecule has 2 unspecified atom stereocenters. The number of carbonyl (C=O) groups is 1. The first-order chi connectivity index (χ1) is 8.10. The van der Waals surface area contributed by atoms with Gasteiger partial charge in [0.05, 0.1) is 18.6 Å². The second-order valence-corrected chi connectivity index (χ2v) is 4.99. The van der Waals surface area contributed by atoms with E-state index in [1.165, 1.54) is 0 Å². The van der Waals surface area contributed by atoms with Gasteiger partial charge in [-0.15, -0.1) is 0 Å². The molecule has 0 bridgehead atoms. The minimum absolute atomic E-state index is 0.0575. The van der Waals surface area contributed by atoms with Crippen LogP contribution < -0.4 is 0 Å². The van der Waals surface area contributed by atoms with Crippen LogP contribution in [0.25, 0.3) is 0 Å². The Morgan fingerprint density at radius 1 is 1.59 bits per heavy atom. The Morgan fingerprint density at radius 3 is 2.82 bits per heavy atom. The monoisotopic (exact) mass is 238 g/mol. The summed E-state index contributed by atoms with van der Waals surface area (Å²) in [4.78, 5) is 13.4. The molecule has 1 fully saturated rings. The molecule has 1 rings (SSSR count). The minimum atomic E-state index is -0.269. The summed E-state index contributed by atoms with van der Waals surface area (Å²) in [6.45, 7) is 7.93. The van der Waals surface area contributed by atoms with Crippen LogP contribution in [-0.2, 0) is 4.74 Å². The molecule has 1 amide bonds. The fraction of sp³-hybridized carbons (Fsp3) is 0.846. The molecule has 4 heteroatoms. The maximum Gasteiger partial charge on any atom is 0.409 e. The van der Waals surface area contributed by atoms with Gasteiger partial charge in [0, 0.05) is 13.1 Å². The van der Waals surface area contributed by atoms with Crippen molar-refractivity contribution in [1.29, 1.82) is 5.26 Å². The Kier molecular flexibility index (Phi) is 5.27. The molecular formula is C13H22N2O2. The predicted molar refractivity (Wildman–Crippen MR) is 65.3 cm³/mol. The zero-order valence-electron chi connectivity index (χ0n) is 11.0. The summed E-state index contributed by atoms with van der Waals surface area (Å²) in [6, 6.07) is 2.33. The van der Waals surface area contributed by atoms with Crippen molar-refractivity contribution in [2.75, 3.05) is 19.7 Å². The molecule has 1 aliphatic rings. The van der Waals surface area contributed by atoms with Crippen molar-refractivity contribution in [3.63, 3.8) is 0 Å². The molecule has 0 spiro atoms. The largest absolute Gasteiger partial charge is 0.449 e. The minimum Gasteiger partial charge on any atom is -0.449 e. The van der Waals surface area contributed by atoms with E-state index in [2.05, 4.69) is 19.9 Å². The van der Waals surface area contributed by atoms with Crippen molar-refractivity contribution < 1.29 is 9.53 Å². The summed E-state index contributed by atoms with van der Waals surface area (Å²) in [7, 11) is 0. The Hall–Kier alpha value is -1.24. The highest BCUT2D eigenvalue weighted by atomic mass is 16.6. The van der Waals surface area contributed by atoms with E-state index >= 15 is 0 Å². The molecule has 4 nitrogen and oxygen atoms in total. The number of hydrogen-bond acceptors (Lipinski definition) is 3. The molecule has 96 valence electrons. The number of amides is 1. The molecule has 0 radical (unpaired) electrons. The fourth-order valence-corrected chi connectivity index (χ4v) is 2.35. The predicted octanol–water partition coefficient (Wildman–Crippen LogP) is 2.65. The van der Waals surface area contributed by atoms with Gasteiger partial charge in [0.15, 0.2) is 0 Å². The van der Waals surface area contributed by atoms with E-state index in [-0.39, 0.29) is 12.0 Å². The normalized spacial score (nSPS) is 24.5. The average Bonchev–Trinajstić information content (AvgIpc) is 2.34. The summed E-state index contributed by atoms with van der Waals surface area (Å²) in [5, 5.41) is 9.16. The van der Waals surface area contributed by atoms with Gasteiger partial charge in [-0.2, -0.15) is 5.26 Å². The Labute approximate surface area is 104 Å². The van der Waals surface area contributed by atoms with Crippen molar-refractivity contribution in [2.45, 2.75) is 33.6 Å². The van der Waals surface area contributed by atoms with Gasteiger partial charge in [-0.3, -0.25) is 0 Å². The van der Waals surface area contributed by atoms with E-state index in [4.69, 9.17) is 10.00 Å². The number of ether oxygens (including phenoxy) is 1. The van der Waals surface area contributed by atoms with Gasteiger partial charge < -0.3 is 9.64 Å². The molecule has 2 atom stereocenters. The van der Waals surface area contributed by atoms with Crippen LogP contribution in [0.1, 0.15) is 33.6 Å². The third-order valence-corrected chi connectivity index (χ3v) is 3.38. The SMILES string of the molecule is CCCOC(=O)N1CCC(C(C)C)C(C#N)C1. The smallest absolute Gasteiger partial charge is 0.409 e. The molecule has 0 aromatic carbocycles. The standard InChI is InChI=1S/C13H22N2O2/c1-4-7-17-13(16)15-6-5-12(10(2)3)11(8-14)9-15/h10-12H,4-7,9H2,1-3H3. The fourth-order valence-electron chi connectivity index (χ4n) is 2.35. The molecule has 17 heavy (non-hydrogen) atoms. The number of nitriles is 1. The molecule has 0 saturated carbocycles. The van der Waals surface area contributed by atoms with E-state index in [0.29, 0.717) is 31.5 Å². The summed E-state index contributed by atoms with van der Waals surface area (Å²) < 4.78 is 5.10. The third-order valence-electron chi connectivity index (χ3n) is 3.38. The van der Waals surface area contributed by atoms with Crippen LogP contribution >= 0.6 is 0 Å². The highest BCUT2D eigenvalue weighted by Crippen LogP contribution is 2.29. The van der Waals surface area contributed by atoms with E-state index in [1.807, 2.05) is 6.92 Å². The number of piperidine rings is 1. The highest BCUT2D eigenvalue weighted by molar-refractivity contribution is 5.67. The van der Waals surface area contributed by atoms with E-state index in [9.17, 15) is 4.79 Å². The Morgan fingerprint density at radius 2 is 2.29 bits per heavy atom. The van der Waals surface area contributed by atoms with Gasteiger partial charge in [0.2, 0.25) is 0 Å². The van der Waals surface area contributed by atoms with E-state index in [1.54, 1.807) is 4.90 Å². The summed E-state index contributed by atoms with van der Waals surface area (Å²) in [5.74, 6) is 0.835. The zero-order valence-corrected chi connectivity index (χ0v) is 11.0.